The third-order valence-electron chi connectivity index (χ3n) is 9.27. The number of hydrogen-bond acceptors (Lipinski definition) is 2. The van der Waals surface area contributed by atoms with Gasteiger partial charge in [-0.25, -0.2) is 0 Å². The molecule has 0 saturated carbocycles. The second kappa shape index (κ2) is 15.8. The Hall–Kier alpha value is -6.47. The number of rotatable bonds is 12. The lowest BCUT2D eigenvalue weighted by molar-refractivity contribution is 0.103. The van der Waals surface area contributed by atoms with E-state index in [1.54, 1.807) is 0 Å². The smallest absolute Gasteiger partial charge is 0.193 e. The fourth-order valence-corrected chi connectivity index (χ4v) is 7.55. The fraction of sp³-hybridized carbons (Fsp3) is 0. The second-order valence-electron chi connectivity index (χ2n) is 12.9. The highest BCUT2D eigenvalue weighted by molar-refractivity contribution is 7.55. The van der Waals surface area contributed by atoms with Gasteiger partial charge in [0.15, 0.2) is 11.6 Å². The summed E-state index contributed by atoms with van der Waals surface area (Å²) >= 11 is 0. The summed E-state index contributed by atoms with van der Waals surface area (Å²) < 4.78 is 0. The van der Waals surface area contributed by atoms with Crippen LogP contribution >= 0.6 is 8.58 Å². The molecule has 7 rings (SSSR count). The Balaban J connectivity index is 1.25. The van der Waals surface area contributed by atoms with Gasteiger partial charge in [-0.1, -0.05) is 174 Å². The van der Waals surface area contributed by atoms with Crippen molar-refractivity contribution in [3.05, 3.63) is 257 Å². The first-order chi connectivity index (χ1) is 25.8. The average Bonchev–Trinajstić information content (AvgIpc) is 3.23. The van der Waals surface area contributed by atoms with Crippen LogP contribution in [0.3, 0.4) is 0 Å². The highest BCUT2D eigenvalue weighted by atomic mass is 31.1. The molecule has 1 atom stereocenters. The topological polar surface area (TPSA) is 34.1 Å². The number of benzene rings is 7. The molecule has 2 nitrogen and oxygen atoms in total. The predicted octanol–water partition coefficient (Wildman–Crippen LogP) is 11.0. The van der Waals surface area contributed by atoms with Crippen molar-refractivity contribution >= 4 is 47.5 Å². The molecule has 0 heterocycles. The summed E-state index contributed by atoms with van der Waals surface area (Å²) in [5, 5.41) is 1.96. The first kappa shape index (κ1) is 35.0. The van der Waals surface area contributed by atoms with Crippen molar-refractivity contribution in [2.45, 2.75) is 0 Å². The molecular weight excluding hydrogens is 664 g/mol. The Labute approximate surface area is 313 Å². The maximum Gasteiger partial charge on any atom is 0.193 e. The van der Waals surface area contributed by atoms with Gasteiger partial charge in [0.2, 0.25) is 0 Å². The van der Waals surface area contributed by atoms with Crippen LogP contribution < -0.4 is 10.6 Å². The van der Waals surface area contributed by atoms with Crippen LogP contribution in [0.4, 0.5) is 0 Å². The molecule has 0 aliphatic heterocycles. The summed E-state index contributed by atoms with van der Waals surface area (Å²) in [6.45, 7) is 13.2. The third-order valence-corrected chi connectivity index (χ3v) is 10.4. The van der Waals surface area contributed by atoms with Crippen molar-refractivity contribution in [2.24, 2.45) is 0 Å². The van der Waals surface area contributed by atoms with Crippen LogP contribution in [0.2, 0.25) is 0 Å². The summed E-state index contributed by atoms with van der Waals surface area (Å²) in [7, 11) is 0.193. The first-order valence-corrected chi connectivity index (χ1v) is 18.4. The Bertz CT molecular complexity index is 2370. The van der Waals surface area contributed by atoms with Gasteiger partial charge >= 0.3 is 0 Å². The van der Waals surface area contributed by atoms with Crippen molar-refractivity contribution in [2.75, 3.05) is 0 Å². The maximum absolute atomic E-state index is 14.4. The van der Waals surface area contributed by atoms with Gasteiger partial charge in [-0.05, 0) is 97.1 Å². The lowest BCUT2D eigenvalue weighted by atomic mass is 9.91. The second-order valence-corrected chi connectivity index (χ2v) is 14.3. The van der Waals surface area contributed by atoms with Gasteiger partial charge in [0, 0.05) is 22.3 Å². The van der Waals surface area contributed by atoms with Crippen LogP contribution in [0.1, 0.15) is 65.2 Å². The van der Waals surface area contributed by atoms with Crippen molar-refractivity contribution in [3.63, 3.8) is 0 Å². The number of hydrogen-bond donors (Lipinski definition) is 0. The van der Waals surface area contributed by atoms with Gasteiger partial charge in [0.05, 0.1) is 0 Å². The number of carbonyl (C=O) groups excluding carboxylic acids is 2. The molecule has 254 valence electrons. The zero-order chi connectivity index (χ0) is 36.7. The lowest BCUT2D eigenvalue weighted by Gasteiger charge is -2.15. The number of ketones is 2. The van der Waals surface area contributed by atoms with E-state index in [0.29, 0.717) is 22.3 Å². The normalized spacial score (nSPS) is 10.9. The Morgan fingerprint density at radius 3 is 1.19 bits per heavy atom. The lowest BCUT2D eigenvalue weighted by Crippen LogP contribution is -2.11. The van der Waals surface area contributed by atoms with E-state index in [-0.39, 0.29) is 20.1 Å². The van der Waals surface area contributed by atoms with Gasteiger partial charge < -0.3 is 0 Å². The van der Waals surface area contributed by atoms with E-state index >= 15 is 0 Å². The van der Waals surface area contributed by atoms with Crippen molar-refractivity contribution < 1.29 is 9.59 Å². The highest BCUT2D eigenvalue weighted by Gasteiger charge is 2.17. The van der Waals surface area contributed by atoms with Crippen LogP contribution in [0.5, 0.6) is 0 Å². The molecule has 0 aromatic heterocycles. The van der Waals surface area contributed by atoms with Crippen molar-refractivity contribution in [1.29, 1.82) is 0 Å². The van der Waals surface area contributed by atoms with E-state index in [0.717, 1.165) is 60.7 Å². The SMILES string of the molecule is C=C(c1ccccc1)c1cccc(C(=C)c2cc(Pc3cccc(C(=O)c4ccccc4)c3)cc(C(=O)c3cccc(C(=C)c4ccccc4)c3)c2)c1. The van der Waals surface area contributed by atoms with Crippen LogP contribution in [-0.4, -0.2) is 11.6 Å². The molecule has 0 bridgehead atoms. The van der Waals surface area contributed by atoms with Gasteiger partial charge in [-0.15, -0.1) is 0 Å². The minimum Gasteiger partial charge on any atom is -0.289 e. The Kier molecular flexibility index (Phi) is 10.4. The zero-order valence-electron chi connectivity index (χ0n) is 29.3. The molecular formula is C50H37O2P. The minimum atomic E-state index is -0.0902. The summed E-state index contributed by atoms with van der Waals surface area (Å²) in [5.74, 6) is -0.114. The number of carbonyl (C=O) groups is 2. The monoisotopic (exact) mass is 700 g/mol. The van der Waals surface area contributed by atoms with Crippen molar-refractivity contribution in [3.8, 4) is 0 Å². The molecule has 0 fully saturated rings. The molecule has 0 saturated heterocycles. The molecule has 0 radical (unpaired) electrons. The van der Waals surface area contributed by atoms with Crippen LogP contribution in [0, 0.1) is 0 Å². The summed E-state index contributed by atoms with van der Waals surface area (Å²) in [4.78, 5) is 27.7. The van der Waals surface area contributed by atoms with E-state index in [1.807, 2.05) is 152 Å². The molecule has 0 amide bonds. The van der Waals surface area contributed by atoms with Gasteiger partial charge in [0.25, 0.3) is 0 Å². The maximum atomic E-state index is 14.4. The fourth-order valence-electron chi connectivity index (χ4n) is 6.35. The highest BCUT2D eigenvalue weighted by Crippen LogP contribution is 2.30. The van der Waals surface area contributed by atoms with Crippen LogP contribution in [0.25, 0.3) is 16.7 Å². The third kappa shape index (κ3) is 8.05. The molecule has 0 spiro atoms. The zero-order valence-corrected chi connectivity index (χ0v) is 30.3. The molecule has 3 heteroatoms. The standard InChI is InChI=1S/C50H37O2P/c1-34(37-16-7-4-8-17-37)40-22-13-23-41(28-40)36(3)45-30-46(50(52)43-25-14-24-42(29-43)35(2)38-18-9-5-10-19-38)33-48(32-45)53-47-27-15-26-44(31-47)49(51)39-20-11-6-12-21-39/h4-33,53H,1-3H2. The van der Waals surface area contributed by atoms with E-state index in [1.165, 1.54) is 0 Å². The summed E-state index contributed by atoms with van der Waals surface area (Å²) in [6, 6.07) is 59.0. The largest absolute Gasteiger partial charge is 0.289 e. The van der Waals surface area contributed by atoms with E-state index in [2.05, 4.69) is 50.1 Å². The predicted molar refractivity (Wildman–Crippen MR) is 224 cm³/mol. The minimum absolute atomic E-state index is 0.0239. The van der Waals surface area contributed by atoms with Gasteiger partial charge in [-0.2, -0.15) is 0 Å². The Morgan fingerprint density at radius 2 is 0.642 bits per heavy atom. The Morgan fingerprint density at radius 1 is 0.302 bits per heavy atom. The first-order valence-electron chi connectivity index (χ1n) is 17.4. The summed E-state index contributed by atoms with van der Waals surface area (Å²) in [5.41, 5.74) is 10.7. The molecule has 7 aromatic rings. The molecule has 0 aliphatic carbocycles. The molecule has 1 unspecified atom stereocenters. The molecule has 53 heavy (non-hydrogen) atoms. The van der Waals surface area contributed by atoms with E-state index < -0.39 is 0 Å². The molecule has 0 N–H and O–H groups in total. The van der Waals surface area contributed by atoms with Gasteiger partial charge in [-0.3, -0.25) is 9.59 Å². The summed E-state index contributed by atoms with van der Waals surface area (Å²) in [6.07, 6.45) is 0. The molecule has 0 aliphatic rings. The van der Waals surface area contributed by atoms with E-state index in [4.69, 9.17) is 0 Å². The molecule has 7 aromatic carbocycles. The van der Waals surface area contributed by atoms with Gasteiger partial charge in [0.1, 0.15) is 0 Å². The van der Waals surface area contributed by atoms with Crippen molar-refractivity contribution in [1.82, 2.24) is 0 Å². The quantitative estimate of drug-likeness (QED) is 0.0939. The van der Waals surface area contributed by atoms with Crippen LogP contribution in [0.15, 0.2) is 202 Å². The van der Waals surface area contributed by atoms with Crippen LogP contribution in [-0.2, 0) is 0 Å². The van der Waals surface area contributed by atoms with E-state index in [9.17, 15) is 9.59 Å². The average molecular weight is 701 g/mol.